The minimum Gasteiger partial charge on any atom is -0.382 e. The molecule has 0 radical (unpaired) electrons. The summed E-state index contributed by atoms with van der Waals surface area (Å²) >= 11 is 0. The first-order valence-electron chi connectivity index (χ1n) is 9.87. The number of fused-ring (bicyclic) bond motifs is 1. The minimum atomic E-state index is 0.0636. The Balaban J connectivity index is 1.80. The molecule has 3 rings (SSSR count). The normalized spacial score (nSPS) is 15.2. The van der Waals surface area contributed by atoms with E-state index in [0.29, 0.717) is 31.0 Å². The highest BCUT2D eigenvalue weighted by atomic mass is 16.2. The number of anilines is 1. The van der Waals surface area contributed by atoms with Gasteiger partial charge in [-0.1, -0.05) is 33.8 Å². The molecule has 1 aromatic heterocycles. The largest absolute Gasteiger partial charge is 0.382 e. The summed E-state index contributed by atoms with van der Waals surface area (Å²) in [6.07, 6.45) is 0. The van der Waals surface area contributed by atoms with Gasteiger partial charge in [0.15, 0.2) is 5.82 Å². The number of carbonyl (C=O) groups is 1. The Kier molecular flexibility index (Phi) is 5.53. The summed E-state index contributed by atoms with van der Waals surface area (Å²) in [6.45, 7) is 14.8. The van der Waals surface area contributed by atoms with Gasteiger partial charge < -0.3 is 14.8 Å². The van der Waals surface area contributed by atoms with E-state index < -0.39 is 0 Å². The molecule has 1 N–H and O–H groups in total. The first-order chi connectivity index (χ1) is 12.8. The van der Waals surface area contributed by atoms with Gasteiger partial charge in [-0.3, -0.25) is 4.79 Å². The molecule has 1 aliphatic rings. The van der Waals surface area contributed by atoms with Crippen LogP contribution in [0, 0.1) is 12.8 Å². The third-order valence-electron chi connectivity index (χ3n) is 5.53. The summed E-state index contributed by atoms with van der Waals surface area (Å²) < 4.78 is 2.16. The Labute approximate surface area is 162 Å². The molecule has 0 bridgehead atoms. The van der Waals surface area contributed by atoms with Gasteiger partial charge in [0.1, 0.15) is 5.82 Å². The maximum absolute atomic E-state index is 13.2. The monoisotopic (exact) mass is 369 g/mol. The van der Waals surface area contributed by atoms with Crippen molar-refractivity contribution in [3.8, 4) is 0 Å². The zero-order valence-electron chi connectivity index (χ0n) is 17.3. The molecule has 1 aliphatic heterocycles. The third kappa shape index (κ3) is 3.84. The van der Waals surface area contributed by atoms with Gasteiger partial charge in [0, 0.05) is 36.3 Å². The van der Waals surface area contributed by atoms with Crippen LogP contribution in [0.3, 0.4) is 0 Å². The van der Waals surface area contributed by atoms with Gasteiger partial charge in [0.25, 0.3) is 5.91 Å². The third-order valence-corrected chi connectivity index (χ3v) is 5.53. The van der Waals surface area contributed by atoms with Crippen LogP contribution in [0.2, 0.25) is 0 Å². The summed E-state index contributed by atoms with van der Waals surface area (Å²) in [7, 11) is 0. The van der Waals surface area contributed by atoms with E-state index in [4.69, 9.17) is 0 Å². The van der Waals surface area contributed by atoms with Crippen LogP contribution in [-0.2, 0) is 13.1 Å². The number of hydrogen-bond acceptors (Lipinski definition) is 4. The van der Waals surface area contributed by atoms with Crippen molar-refractivity contribution in [3.05, 3.63) is 41.0 Å². The number of amides is 1. The van der Waals surface area contributed by atoms with Gasteiger partial charge in [-0.05, 0) is 37.5 Å². The Bertz CT molecular complexity index is 824. The molecule has 2 heterocycles. The van der Waals surface area contributed by atoms with Crippen LogP contribution in [0.1, 0.15) is 68.1 Å². The lowest BCUT2D eigenvalue weighted by atomic mass is 10.0. The van der Waals surface area contributed by atoms with Crippen molar-refractivity contribution in [1.82, 2.24) is 19.7 Å². The van der Waals surface area contributed by atoms with Gasteiger partial charge in [0.05, 0.1) is 6.54 Å². The second kappa shape index (κ2) is 7.71. The Hall–Kier alpha value is -2.37. The number of carbonyl (C=O) groups excluding carboxylic acids is 1. The second-order valence-corrected chi connectivity index (χ2v) is 8.16. The van der Waals surface area contributed by atoms with Crippen LogP contribution in [-0.4, -0.2) is 38.2 Å². The summed E-state index contributed by atoms with van der Waals surface area (Å²) in [4.78, 5) is 15.1. The van der Waals surface area contributed by atoms with E-state index in [-0.39, 0.29) is 5.91 Å². The Morgan fingerprint density at radius 2 is 1.85 bits per heavy atom. The van der Waals surface area contributed by atoms with E-state index in [9.17, 15) is 4.79 Å². The lowest BCUT2D eigenvalue weighted by molar-refractivity contribution is 0.0705. The van der Waals surface area contributed by atoms with E-state index in [0.717, 1.165) is 35.0 Å². The van der Waals surface area contributed by atoms with Gasteiger partial charge >= 0.3 is 0 Å². The fourth-order valence-electron chi connectivity index (χ4n) is 3.39. The first-order valence-corrected chi connectivity index (χ1v) is 9.87. The van der Waals surface area contributed by atoms with Crippen molar-refractivity contribution in [1.29, 1.82) is 0 Å². The number of nitrogens with zero attached hydrogens (tertiary/aromatic N) is 4. The summed E-state index contributed by atoms with van der Waals surface area (Å²) in [5.41, 5.74) is 2.79. The van der Waals surface area contributed by atoms with E-state index >= 15 is 0 Å². The van der Waals surface area contributed by atoms with Crippen molar-refractivity contribution in [2.75, 3.05) is 11.9 Å². The summed E-state index contributed by atoms with van der Waals surface area (Å²) in [5.74, 6) is 2.79. The molecule has 2 aromatic rings. The molecular weight excluding hydrogens is 338 g/mol. The van der Waals surface area contributed by atoms with E-state index in [1.807, 2.05) is 30.0 Å². The van der Waals surface area contributed by atoms with Gasteiger partial charge in [-0.25, -0.2) is 0 Å². The molecule has 146 valence electrons. The van der Waals surface area contributed by atoms with Crippen molar-refractivity contribution >= 4 is 11.6 Å². The predicted octanol–water partition coefficient (Wildman–Crippen LogP) is 3.82. The molecular formula is C21H31N5O. The maximum Gasteiger partial charge on any atom is 0.254 e. The van der Waals surface area contributed by atoms with Gasteiger partial charge in [-0.2, -0.15) is 0 Å². The fourth-order valence-corrected chi connectivity index (χ4v) is 3.39. The molecule has 27 heavy (non-hydrogen) atoms. The standard InChI is InChI=1S/C21H31N5O/c1-13(2)16(6)22-18-9-7-8-17(15(18)5)21(27)25-10-11-26-19(12-25)23-24-20(26)14(3)4/h7-9,13-14,16,22H,10-12H2,1-6H3. The summed E-state index contributed by atoms with van der Waals surface area (Å²) in [6, 6.07) is 6.27. The fraction of sp³-hybridized carbons (Fsp3) is 0.571. The van der Waals surface area contributed by atoms with E-state index in [1.165, 1.54) is 0 Å². The molecule has 0 aliphatic carbocycles. The highest BCUT2D eigenvalue weighted by Crippen LogP contribution is 2.25. The molecule has 6 heteroatoms. The average Bonchev–Trinajstić information content (AvgIpc) is 3.06. The van der Waals surface area contributed by atoms with Crippen LogP contribution < -0.4 is 5.32 Å². The molecule has 0 spiro atoms. The highest BCUT2D eigenvalue weighted by Gasteiger charge is 2.27. The SMILES string of the molecule is Cc1c(NC(C)C(C)C)cccc1C(=O)N1CCn2c(nnc2C(C)C)C1. The van der Waals surface area contributed by atoms with Crippen molar-refractivity contribution in [3.63, 3.8) is 0 Å². The minimum absolute atomic E-state index is 0.0636. The van der Waals surface area contributed by atoms with Gasteiger partial charge in [-0.15, -0.1) is 10.2 Å². The first kappa shape index (κ1) is 19.4. The van der Waals surface area contributed by atoms with Crippen LogP contribution in [0.25, 0.3) is 0 Å². The van der Waals surface area contributed by atoms with E-state index in [1.54, 1.807) is 0 Å². The number of hydrogen-bond donors (Lipinski definition) is 1. The molecule has 6 nitrogen and oxygen atoms in total. The number of aromatic nitrogens is 3. The van der Waals surface area contributed by atoms with Crippen molar-refractivity contribution < 1.29 is 4.79 Å². The average molecular weight is 370 g/mol. The topological polar surface area (TPSA) is 63.1 Å². The zero-order valence-corrected chi connectivity index (χ0v) is 17.3. The van der Waals surface area contributed by atoms with Crippen LogP contribution in [0.5, 0.6) is 0 Å². The van der Waals surface area contributed by atoms with Crippen LogP contribution in [0.4, 0.5) is 5.69 Å². The Morgan fingerprint density at radius 3 is 2.52 bits per heavy atom. The van der Waals surface area contributed by atoms with Gasteiger partial charge in [0.2, 0.25) is 0 Å². The molecule has 0 fully saturated rings. The zero-order chi connectivity index (χ0) is 19.7. The smallest absolute Gasteiger partial charge is 0.254 e. The molecule has 1 amide bonds. The van der Waals surface area contributed by atoms with Crippen LogP contribution in [0.15, 0.2) is 18.2 Å². The lowest BCUT2D eigenvalue weighted by Gasteiger charge is -2.29. The highest BCUT2D eigenvalue weighted by molar-refractivity contribution is 5.97. The second-order valence-electron chi connectivity index (χ2n) is 8.16. The number of rotatable bonds is 5. The molecule has 0 saturated carbocycles. The predicted molar refractivity (Wildman–Crippen MR) is 108 cm³/mol. The Morgan fingerprint density at radius 1 is 1.11 bits per heavy atom. The number of nitrogens with one attached hydrogen (secondary N) is 1. The van der Waals surface area contributed by atoms with Crippen LogP contribution >= 0.6 is 0 Å². The molecule has 1 aromatic carbocycles. The lowest BCUT2D eigenvalue weighted by Crippen LogP contribution is -2.39. The maximum atomic E-state index is 13.2. The quantitative estimate of drug-likeness (QED) is 0.870. The molecule has 0 saturated heterocycles. The summed E-state index contributed by atoms with van der Waals surface area (Å²) in [5, 5.41) is 12.2. The van der Waals surface area contributed by atoms with Crippen molar-refractivity contribution in [2.45, 2.75) is 66.6 Å². The van der Waals surface area contributed by atoms with E-state index in [2.05, 4.69) is 54.7 Å². The molecule has 1 unspecified atom stereocenters. The van der Waals surface area contributed by atoms with Crippen molar-refractivity contribution in [2.24, 2.45) is 5.92 Å². The molecule has 1 atom stereocenters. The number of benzene rings is 1.